The number of hydrogen-bond acceptors (Lipinski definition) is 10. The standard InChI is InChI=1S/C44H60N10O10/c1-5-24(2)36(41(62)51-32(20-25-12-7-6-8-13-25)42(63)54-19-11-16-33(54)37(46)58)53-38(59)29(17-18-34(45)55)49-39(60)30(21-26-23-48-28-15-10-9-14-27(26)28)50-40(61)31(22-35(56)57)52-43(64)44(3,4)47/h6-10,12-15,23-24,29-33,36,48H,5,11,16-22,47H2,1-4H3,(H2,45,55)(H2,46,58)(H,49,60)(H,50,61)(H,51,62)(H,52,64)(H,53,59)(H,56,57)/t24-,29-,30-,31-,32-,33-,36-/m0/s1. The largest absolute Gasteiger partial charge is 0.481 e. The van der Waals surface area contributed by atoms with Crippen molar-refractivity contribution >= 4 is 64.1 Å². The van der Waals surface area contributed by atoms with Crippen molar-refractivity contribution in [2.75, 3.05) is 6.54 Å². The number of carbonyl (C=O) groups excluding carboxylic acids is 8. The predicted octanol–water partition coefficient (Wildman–Crippen LogP) is -0.623. The number of rotatable bonds is 23. The Bertz CT molecular complexity index is 2190. The zero-order valence-corrected chi connectivity index (χ0v) is 36.5. The first-order chi connectivity index (χ1) is 30.2. The third-order valence-electron chi connectivity index (χ3n) is 11.2. The van der Waals surface area contributed by atoms with Crippen LogP contribution in [-0.4, -0.2) is 117 Å². The molecule has 1 fully saturated rings. The van der Waals surface area contributed by atoms with Gasteiger partial charge in [0, 0.05) is 42.9 Å². The Kier molecular flexibility index (Phi) is 17.5. The first-order valence-electron chi connectivity index (χ1n) is 21.2. The lowest BCUT2D eigenvalue weighted by Crippen LogP contribution is -2.61. The molecule has 2 aromatic carbocycles. The summed E-state index contributed by atoms with van der Waals surface area (Å²) in [6.45, 7) is 6.45. The van der Waals surface area contributed by atoms with Gasteiger partial charge in [0.2, 0.25) is 47.3 Å². The normalized spacial score (nSPS) is 16.6. The van der Waals surface area contributed by atoms with Crippen LogP contribution in [0.3, 0.4) is 0 Å². The SMILES string of the molecule is CC[C@H](C)[C@H](NC(=O)[C@H](CCC(N)=O)NC(=O)[C@H](Cc1c[nH]c2ccccc12)NC(=O)[C@H](CC(=O)O)NC(=O)C(C)(C)N)C(=O)N[C@@H](Cc1ccccc1)C(=O)N1CCC[C@H]1C(N)=O. The smallest absolute Gasteiger partial charge is 0.305 e. The Balaban J connectivity index is 1.64. The second-order valence-electron chi connectivity index (χ2n) is 16.8. The van der Waals surface area contributed by atoms with Crippen LogP contribution in [0.25, 0.3) is 10.9 Å². The average molecular weight is 889 g/mol. The van der Waals surface area contributed by atoms with Gasteiger partial charge in [0.05, 0.1) is 12.0 Å². The maximum Gasteiger partial charge on any atom is 0.305 e. The van der Waals surface area contributed by atoms with Crippen molar-refractivity contribution in [2.24, 2.45) is 23.1 Å². The molecule has 0 spiro atoms. The zero-order valence-electron chi connectivity index (χ0n) is 36.5. The van der Waals surface area contributed by atoms with Crippen LogP contribution in [0.4, 0.5) is 0 Å². The van der Waals surface area contributed by atoms with E-state index in [1.165, 1.54) is 18.7 Å². The number of fused-ring (bicyclic) bond motifs is 1. The first-order valence-corrected chi connectivity index (χ1v) is 21.2. The molecule has 1 saturated heterocycles. The molecule has 64 heavy (non-hydrogen) atoms. The van der Waals surface area contributed by atoms with Gasteiger partial charge in [-0.2, -0.15) is 0 Å². The van der Waals surface area contributed by atoms with Crippen molar-refractivity contribution in [1.82, 2.24) is 36.5 Å². The number of nitrogens with two attached hydrogens (primary N) is 3. The molecule has 4 rings (SSSR count). The molecule has 0 radical (unpaired) electrons. The van der Waals surface area contributed by atoms with Gasteiger partial charge >= 0.3 is 5.97 Å². The average Bonchev–Trinajstić information content (AvgIpc) is 3.91. The minimum absolute atomic E-state index is 0.0520. The fourth-order valence-electron chi connectivity index (χ4n) is 7.35. The molecule has 0 bridgehead atoms. The molecule has 1 aromatic heterocycles. The number of aromatic amines is 1. The van der Waals surface area contributed by atoms with Crippen molar-refractivity contribution in [3.8, 4) is 0 Å². The molecule has 13 N–H and O–H groups in total. The Morgan fingerprint density at radius 2 is 1.41 bits per heavy atom. The van der Waals surface area contributed by atoms with Gasteiger partial charge in [0.15, 0.2) is 0 Å². The van der Waals surface area contributed by atoms with Crippen molar-refractivity contribution in [3.63, 3.8) is 0 Å². The predicted molar refractivity (Wildman–Crippen MR) is 234 cm³/mol. The Labute approximate surface area is 370 Å². The van der Waals surface area contributed by atoms with Crippen LogP contribution in [0.1, 0.15) is 77.3 Å². The molecule has 1 aliphatic heterocycles. The number of carbonyl (C=O) groups is 9. The summed E-state index contributed by atoms with van der Waals surface area (Å²) >= 11 is 0. The molecule has 346 valence electrons. The van der Waals surface area contributed by atoms with Gasteiger partial charge in [-0.25, -0.2) is 0 Å². The van der Waals surface area contributed by atoms with Gasteiger partial charge in [0.25, 0.3) is 0 Å². The number of hydrogen-bond donors (Lipinski definition) is 10. The van der Waals surface area contributed by atoms with Gasteiger partial charge in [-0.05, 0) is 56.2 Å². The fourth-order valence-corrected chi connectivity index (χ4v) is 7.35. The fraction of sp³-hybridized carbons (Fsp3) is 0.477. The van der Waals surface area contributed by atoms with E-state index in [9.17, 15) is 48.3 Å². The van der Waals surface area contributed by atoms with E-state index in [1.54, 1.807) is 74.6 Å². The van der Waals surface area contributed by atoms with Crippen LogP contribution in [0.2, 0.25) is 0 Å². The molecule has 1 aliphatic rings. The monoisotopic (exact) mass is 888 g/mol. The Morgan fingerprint density at radius 1 is 0.797 bits per heavy atom. The topological polar surface area (TPSA) is 331 Å². The number of primary amides is 2. The molecular formula is C44H60N10O10. The number of nitrogens with zero attached hydrogens (tertiary/aromatic N) is 1. The molecule has 0 aliphatic carbocycles. The summed E-state index contributed by atoms with van der Waals surface area (Å²) in [6, 6.07) is 8.03. The lowest BCUT2D eigenvalue weighted by Gasteiger charge is -2.31. The maximum absolute atomic E-state index is 14.3. The molecule has 0 unspecified atom stereocenters. The number of H-pyrrole nitrogens is 1. The van der Waals surface area contributed by atoms with Crippen LogP contribution < -0.4 is 43.8 Å². The molecule has 3 aromatic rings. The number of amides is 8. The second kappa shape index (κ2) is 22.5. The molecular weight excluding hydrogens is 829 g/mol. The lowest BCUT2D eigenvalue weighted by molar-refractivity contribution is -0.141. The minimum Gasteiger partial charge on any atom is -0.481 e. The van der Waals surface area contributed by atoms with Gasteiger partial charge in [0.1, 0.15) is 36.3 Å². The van der Waals surface area contributed by atoms with Crippen LogP contribution in [0.15, 0.2) is 60.8 Å². The van der Waals surface area contributed by atoms with Gasteiger partial charge < -0.3 is 58.8 Å². The maximum atomic E-state index is 14.3. The van der Waals surface area contributed by atoms with E-state index in [-0.39, 0.29) is 32.2 Å². The third-order valence-corrected chi connectivity index (χ3v) is 11.2. The van der Waals surface area contributed by atoms with Crippen molar-refractivity contribution in [1.29, 1.82) is 0 Å². The summed E-state index contributed by atoms with van der Waals surface area (Å²) in [4.78, 5) is 124. The number of aliphatic carboxylic acids is 1. The Hall–Kier alpha value is -6.83. The zero-order chi connectivity index (χ0) is 47.3. The second-order valence-corrected chi connectivity index (χ2v) is 16.8. The van der Waals surface area contributed by atoms with E-state index in [0.717, 1.165) is 0 Å². The van der Waals surface area contributed by atoms with E-state index < -0.39 is 107 Å². The number of likely N-dealkylation sites (tertiary alicyclic amines) is 1. The highest BCUT2D eigenvalue weighted by Gasteiger charge is 2.39. The summed E-state index contributed by atoms with van der Waals surface area (Å²) in [5.74, 6) is -8.42. The summed E-state index contributed by atoms with van der Waals surface area (Å²) in [5.41, 5.74) is 17.4. The van der Waals surface area contributed by atoms with Crippen LogP contribution in [0, 0.1) is 5.92 Å². The molecule has 20 nitrogen and oxygen atoms in total. The third kappa shape index (κ3) is 13.8. The molecule has 7 atom stereocenters. The summed E-state index contributed by atoms with van der Waals surface area (Å²) in [6.07, 6.45) is 1.17. The van der Waals surface area contributed by atoms with E-state index in [4.69, 9.17) is 17.2 Å². The van der Waals surface area contributed by atoms with Crippen LogP contribution in [0.5, 0.6) is 0 Å². The summed E-state index contributed by atoms with van der Waals surface area (Å²) < 4.78 is 0. The number of para-hydroxylation sites is 1. The summed E-state index contributed by atoms with van der Waals surface area (Å²) in [5, 5.41) is 23.2. The molecule has 20 heteroatoms. The van der Waals surface area contributed by atoms with E-state index >= 15 is 0 Å². The quantitative estimate of drug-likeness (QED) is 0.0572. The summed E-state index contributed by atoms with van der Waals surface area (Å²) in [7, 11) is 0. The first kappa shape index (κ1) is 49.8. The Morgan fingerprint density at radius 3 is 2.03 bits per heavy atom. The van der Waals surface area contributed by atoms with Gasteiger partial charge in [-0.15, -0.1) is 0 Å². The molecule has 8 amide bonds. The van der Waals surface area contributed by atoms with Crippen molar-refractivity contribution in [2.45, 2.75) is 121 Å². The van der Waals surface area contributed by atoms with E-state index in [2.05, 4.69) is 31.6 Å². The number of nitrogens with one attached hydrogen (secondary N) is 6. The molecule has 2 heterocycles. The van der Waals surface area contributed by atoms with Crippen LogP contribution >= 0.6 is 0 Å². The molecule has 0 saturated carbocycles. The van der Waals surface area contributed by atoms with Crippen molar-refractivity contribution < 1.29 is 48.3 Å². The van der Waals surface area contributed by atoms with E-state index in [1.807, 2.05) is 0 Å². The van der Waals surface area contributed by atoms with Crippen LogP contribution in [-0.2, 0) is 56.0 Å². The highest BCUT2D eigenvalue weighted by Crippen LogP contribution is 2.21. The minimum atomic E-state index is -1.67. The number of aromatic nitrogens is 1. The number of carboxylic acids is 1. The van der Waals surface area contributed by atoms with Gasteiger partial charge in [-0.1, -0.05) is 68.8 Å². The van der Waals surface area contributed by atoms with E-state index in [0.29, 0.717) is 41.3 Å². The highest BCUT2D eigenvalue weighted by atomic mass is 16.4. The number of benzene rings is 2. The lowest BCUT2D eigenvalue weighted by atomic mass is 9.96. The highest BCUT2D eigenvalue weighted by molar-refractivity contribution is 5.99. The van der Waals surface area contributed by atoms with Gasteiger partial charge in [-0.3, -0.25) is 43.2 Å². The number of carboxylic acid groups (broad SMARTS) is 1. The van der Waals surface area contributed by atoms with Crippen molar-refractivity contribution in [3.05, 3.63) is 71.9 Å².